The Kier molecular flexibility index (Phi) is 6.63. The molecule has 0 aromatic heterocycles. The molecule has 0 fully saturated rings. The Morgan fingerprint density at radius 2 is 1.63 bits per heavy atom. The topological polar surface area (TPSA) is 64.7 Å². The molecule has 5 heteroatoms. The number of hydrogen-bond acceptors (Lipinski definition) is 4. The van der Waals surface area contributed by atoms with E-state index >= 15 is 0 Å². The number of benzene rings is 1. The molecular weight excluding hydrogens is 266 g/mol. The maximum Gasteiger partial charge on any atom is 0.161 e. The van der Waals surface area contributed by atoms with E-state index in [1.54, 1.807) is 26.4 Å². The third kappa shape index (κ3) is 4.27. The lowest BCUT2D eigenvalue weighted by Gasteiger charge is -2.31. The van der Waals surface area contributed by atoms with Crippen LogP contribution in [0.3, 0.4) is 0 Å². The Hall–Kier alpha value is -0.970. The predicted molar refractivity (Wildman–Crippen MR) is 79.2 cm³/mol. The molecule has 1 aromatic carbocycles. The molecule has 0 bridgehead atoms. The third-order valence-corrected chi connectivity index (χ3v) is 3.02. The van der Waals surface area contributed by atoms with Crippen LogP contribution in [0.4, 0.5) is 0 Å². The van der Waals surface area contributed by atoms with Gasteiger partial charge in [0, 0.05) is 0 Å². The summed E-state index contributed by atoms with van der Waals surface area (Å²) in [4.78, 5) is 0. The van der Waals surface area contributed by atoms with E-state index in [2.05, 4.69) is 0 Å². The van der Waals surface area contributed by atoms with Gasteiger partial charge in [0.1, 0.15) is 0 Å². The summed E-state index contributed by atoms with van der Waals surface area (Å²) in [7, 11) is 3.16. The van der Waals surface area contributed by atoms with E-state index in [1.807, 2.05) is 26.8 Å². The molecule has 110 valence electrons. The van der Waals surface area contributed by atoms with Gasteiger partial charge in [-0.15, -0.1) is 12.4 Å². The molecule has 0 saturated carbocycles. The second-order valence-corrected chi connectivity index (χ2v) is 5.45. The van der Waals surface area contributed by atoms with Crippen LogP contribution in [-0.4, -0.2) is 25.4 Å². The molecule has 0 aliphatic heterocycles. The maximum atomic E-state index is 10.2. The number of nitrogens with two attached hydrogens (primary N) is 1. The molecule has 1 aromatic rings. The predicted octanol–water partition coefficient (Wildman–Crippen LogP) is 2.53. The first-order chi connectivity index (χ1) is 8.31. The van der Waals surface area contributed by atoms with Crippen LogP contribution in [0.25, 0.3) is 0 Å². The lowest BCUT2D eigenvalue weighted by atomic mass is 9.82. The highest BCUT2D eigenvalue weighted by Crippen LogP contribution is 2.33. The van der Waals surface area contributed by atoms with E-state index in [1.165, 1.54) is 0 Å². The molecule has 0 aliphatic carbocycles. The summed E-state index contributed by atoms with van der Waals surface area (Å²) in [6.07, 6.45) is -0.629. The summed E-state index contributed by atoms with van der Waals surface area (Å²) in [5, 5.41) is 10.2. The van der Waals surface area contributed by atoms with Crippen molar-refractivity contribution in [3.05, 3.63) is 23.8 Å². The third-order valence-electron chi connectivity index (χ3n) is 3.02. The molecule has 0 saturated heterocycles. The van der Waals surface area contributed by atoms with Gasteiger partial charge >= 0.3 is 0 Å². The van der Waals surface area contributed by atoms with Gasteiger partial charge in [0.25, 0.3) is 0 Å². The normalized spacial score (nSPS) is 14.3. The number of hydrogen-bond donors (Lipinski definition) is 2. The van der Waals surface area contributed by atoms with E-state index in [-0.39, 0.29) is 17.8 Å². The van der Waals surface area contributed by atoms with Crippen LogP contribution in [0.2, 0.25) is 0 Å². The van der Waals surface area contributed by atoms with Crippen LogP contribution < -0.4 is 15.2 Å². The largest absolute Gasteiger partial charge is 0.493 e. The van der Waals surface area contributed by atoms with Gasteiger partial charge in [-0.1, -0.05) is 26.8 Å². The Morgan fingerprint density at radius 1 is 1.11 bits per heavy atom. The standard InChI is InChI=1S/C14H23NO3.ClH/c1-14(2,3)13(16)12(15)9-6-7-10(17-4)11(8-9)18-5;/h6-8,12-13,16H,15H2,1-5H3;1H/t12-,13-;/m1./s1. The molecule has 0 amide bonds. The van der Waals surface area contributed by atoms with Crippen molar-refractivity contribution in [1.29, 1.82) is 0 Å². The lowest BCUT2D eigenvalue weighted by molar-refractivity contribution is 0.0400. The van der Waals surface area contributed by atoms with Crippen molar-refractivity contribution < 1.29 is 14.6 Å². The second-order valence-electron chi connectivity index (χ2n) is 5.45. The summed E-state index contributed by atoms with van der Waals surface area (Å²) >= 11 is 0. The van der Waals surface area contributed by atoms with Crippen molar-refractivity contribution in [2.45, 2.75) is 32.9 Å². The van der Waals surface area contributed by atoms with E-state index in [0.29, 0.717) is 11.5 Å². The molecule has 0 unspecified atom stereocenters. The highest BCUT2D eigenvalue weighted by atomic mass is 35.5. The number of halogens is 1. The van der Waals surface area contributed by atoms with E-state index < -0.39 is 12.1 Å². The minimum Gasteiger partial charge on any atom is -0.493 e. The monoisotopic (exact) mass is 289 g/mol. The van der Waals surface area contributed by atoms with Crippen molar-refractivity contribution >= 4 is 12.4 Å². The molecule has 0 heterocycles. The van der Waals surface area contributed by atoms with Gasteiger partial charge in [-0.25, -0.2) is 0 Å². The summed E-state index contributed by atoms with van der Waals surface area (Å²) in [5.41, 5.74) is 6.65. The Morgan fingerprint density at radius 3 is 2.05 bits per heavy atom. The minimum absolute atomic E-state index is 0. The maximum absolute atomic E-state index is 10.2. The second kappa shape index (κ2) is 6.98. The summed E-state index contributed by atoms with van der Waals surface area (Å²) in [6, 6.07) is 4.99. The van der Waals surface area contributed by atoms with Crippen molar-refractivity contribution in [2.24, 2.45) is 11.1 Å². The summed E-state index contributed by atoms with van der Waals surface area (Å²) in [5.74, 6) is 1.27. The van der Waals surface area contributed by atoms with Gasteiger partial charge in [-0.3, -0.25) is 0 Å². The molecule has 0 radical (unpaired) electrons. The van der Waals surface area contributed by atoms with Gasteiger partial charge in [-0.05, 0) is 23.1 Å². The molecule has 19 heavy (non-hydrogen) atoms. The Labute approximate surface area is 121 Å². The molecule has 0 spiro atoms. The highest BCUT2D eigenvalue weighted by molar-refractivity contribution is 5.85. The zero-order valence-corrected chi connectivity index (χ0v) is 13.0. The molecular formula is C14H24ClNO3. The first-order valence-corrected chi connectivity index (χ1v) is 5.96. The van der Waals surface area contributed by atoms with Crippen LogP contribution in [0, 0.1) is 5.41 Å². The lowest BCUT2D eigenvalue weighted by Crippen LogP contribution is -2.36. The molecule has 4 nitrogen and oxygen atoms in total. The molecule has 0 aliphatic rings. The molecule has 1 rings (SSSR count). The smallest absolute Gasteiger partial charge is 0.161 e. The number of aliphatic hydroxyl groups is 1. The fourth-order valence-corrected chi connectivity index (χ4v) is 1.78. The summed E-state index contributed by atoms with van der Waals surface area (Å²) < 4.78 is 10.4. The number of aliphatic hydroxyl groups excluding tert-OH is 1. The average Bonchev–Trinajstić information content (AvgIpc) is 2.34. The van der Waals surface area contributed by atoms with E-state index in [0.717, 1.165) is 5.56 Å². The van der Waals surface area contributed by atoms with Gasteiger partial charge < -0.3 is 20.3 Å². The van der Waals surface area contributed by atoms with Crippen LogP contribution in [-0.2, 0) is 0 Å². The van der Waals surface area contributed by atoms with Crippen LogP contribution in [0.5, 0.6) is 11.5 Å². The minimum atomic E-state index is -0.629. The number of ether oxygens (including phenoxy) is 2. The van der Waals surface area contributed by atoms with Gasteiger partial charge in [0.2, 0.25) is 0 Å². The fraction of sp³-hybridized carbons (Fsp3) is 0.571. The number of methoxy groups -OCH3 is 2. The number of rotatable bonds is 4. The van der Waals surface area contributed by atoms with Gasteiger partial charge in [0.05, 0.1) is 26.4 Å². The Balaban J connectivity index is 0.00000324. The fourth-order valence-electron chi connectivity index (χ4n) is 1.78. The van der Waals surface area contributed by atoms with Crippen molar-refractivity contribution in [3.63, 3.8) is 0 Å². The quantitative estimate of drug-likeness (QED) is 0.894. The zero-order valence-electron chi connectivity index (χ0n) is 12.1. The van der Waals surface area contributed by atoms with Gasteiger partial charge in [0.15, 0.2) is 11.5 Å². The van der Waals surface area contributed by atoms with Crippen LogP contribution >= 0.6 is 12.4 Å². The molecule has 2 atom stereocenters. The van der Waals surface area contributed by atoms with E-state index in [4.69, 9.17) is 15.2 Å². The SMILES string of the molecule is COc1ccc([C@@H](N)[C@@H](O)C(C)(C)C)cc1OC.Cl. The van der Waals surface area contributed by atoms with E-state index in [9.17, 15) is 5.11 Å². The van der Waals surface area contributed by atoms with Crippen LogP contribution in [0.1, 0.15) is 32.4 Å². The van der Waals surface area contributed by atoms with Crippen molar-refractivity contribution in [2.75, 3.05) is 14.2 Å². The molecule has 3 N–H and O–H groups in total. The Bertz CT molecular complexity index is 404. The first-order valence-electron chi connectivity index (χ1n) is 5.96. The van der Waals surface area contributed by atoms with Crippen LogP contribution in [0.15, 0.2) is 18.2 Å². The van der Waals surface area contributed by atoms with Crippen molar-refractivity contribution in [3.8, 4) is 11.5 Å². The zero-order chi connectivity index (χ0) is 13.9. The van der Waals surface area contributed by atoms with Crippen molar-refractivity contribution in [1.82, 2.24) is 0 Å². The highest BCUT2D eigenvalue weighted by Gasteiger charge is 2.29. The average molecular weight is 290 g/mol. The summed E-state index contributed by atoms with van der Waals surface area (Å²) in [6.45, 7) is 5.87. The first kappa shape index (κ1) is 18.0. The van der Waals surface area contributed by atoms with Gasteiger partial charge in [-0.2, -0.15) is 0 Å².